The number of ether oxygens (including phenoxy) is 2. The van der Waals surface area contributed by atoms with Crippen molar-refractivity contribution < 1.29 is 18.7 Å². The van der Waals surface area contributed by atoms with Crippen molar-refractivity contribution in [3.05, 3.63) is 82.5 Å². The summed E-state index contributed by atoms with van der Waals surface area (Å²) in [6, 6.07) is 14.8. The lowest BCUT2D eigenvalue weighted by Gasteiger charge is -2.27. The molecule has 0 aliphatic carbocycles. The normalized spacial score (nSPS) is 15.0. The van der Waals surface area contributed by atoms with E-state index in [0.717, 1.165) is 16.7 Å². The molecule has 0 fully saturated rings. The first-order valence-electron chi connectivity index (χ1n) is 10.1. The van der Waals surface area contributed by atoms with Gasteiger partial charge in [0.1, 0.15) is 17.3 Å². The molecule has 1 aromatic heterocycles. The highest BCUT2D eigenvalue weighted by molar-refractivity contribution is 5.77. The van der Waals surface area contributed by atoms with Gasteiger partial charge in [0.2, 0.25) is 5.91 Å². The number of aromatic nitrogens is 1. The maximum Gasteiger partial charge on any atom is 0.250 e. The number of amides is 1. The van der Waals surface area contributed by atoms with Gasteiger partial charge in [-0.05, 0) is 35.9 Å². The van der Waals surface area contributed by atoms with E-state index in [9.17, 15) is 14.0 Å². The topological polar surface area (TPSA) is 69.6 Å². The molecule has 160 valence electrons. The SMILES string of the molecule is COc1cc(F)ccc1-c1ccc2c(c1)C(NC(=O)CCn1ccccc1=O)CCO2. The Kier molecular flexibility index (Phi) is 6.02. The van der Waals surface area contributed by atoms with Crippen molar-refractivity contribution in [2.75, 3.05) is 13.7 Å². The Morgan fingerprint density at radius 1 is 1.23 bits per heavy atom. The highest BCUT2D eigenvalue weighted by atomic mass is 19.1. The molecule has 0 bridgehead atoms. The summed E-state index contributed by atoms with van der Waals surface area (Å²) >= 11 is 0. The lowest BCUT2D eigenvalue weighted by Crippen LogP contribution is -2.33. The molecular weight excluding hydrogens is 399 g/mol. The first-order chi connectivity index (χ1) is 15.0. The number of halogens is 1. The van der Waals surface area contributed by atoms with E-state index in [0.29, 0.717) is 31.1 Å². The molecule has 3 aromatic rings. The van der Waals surface area contributed by atoms with Crippen LogP contribution in [-0.4, -0.2) is 24.2 Å². The van der Waals surface area contributed by atoms with Gasteiger partial charge in [-0.2, -0.15) is 0 Å². The summed E-state index contributed by atoms with van der Waals surface area (Å²) < 4.78 is 26.2. The fraction of sp³-hybridized carbons (Fsp3) is 0.250. The zero-order chi connectivity index (χ0) is 21.8. The van der Waals surface area contributed by atoms with Crippen LogP contribution in [0.15, 0.2) is 65.6 Å². The second kappa shape index (κ2) is 9.04. The molecule has 1 aliphatic rings. The first kappa shape index (κ1) is 20.7. The maximum atomic E-state index is 13.6. The van der Waals surface area contributed by atoms with Gasteiger partial charge in [-0.15, -0.1) is 0 Å². The number of nitrogens with one attached hydrogen (secondary N) is 1. The number of rotatable bonds is 6. The summed E-state index contributed by atoms with van der Waals surface area (Å²) in [6.45, 7) is 0.809. The van der Waals surface area contributed by atoms with E-state index in [-0.39, 0.29) is 29.7 Å². The maximum absolute atomic E-state index is 13.6. The van der Waals surface area contributed by atoms with Crippen molar-refractivity contribution in [1.82, 2.24) is 9.88 Å². The average Bonchev–Trinajstić information content (AvgIpc) is 2.78. The van der Waals surface area contributed by atoms with E-state index in [2.05, 4.69) is 5.32 Å². The highest BCUT2D eigenvalue weighted by Crippen LogP contribution is 2.38. The number of carbonyl (C=O) groups excluding carboxylic acids is 1. The molecule has 0 radical (unpaired) electrons. The molecule has 1 aliphatic heterocycles. The lowest BCUT2D eigenvalue weighted by atomic mass is 9.95. The Bertz CT molecular complexity index is 1160. The molecule has 7 heteroatoms. The number of benzene rings is 2. The largest absolute Gasteiger partial charge is 0.496 e. The van der Waals surface area contributed by atoms with E-state index < -0.39 is 0 Å². The molecule has 1 unspecified atom stereocenters. The van der Waals surface area contributed by atoms with Crippen LogP contribution in [0.25, 0.3) is 11.1 Å². The summed E-state index contributed by atoms with van der Waals surface area (Å²) in [5.41, 5.74) is 2.33. The quantitative estimate of drug-likeness (QED) is 0.658. The third-order valence-corrected chi connectivity index (χ3v) is 5.34. The standard InChI is InChI=1S/C24H23FN2O4/c1-30-22-15-17(25)6-7-18(22)16-5-8-21-19(14-16)20(10-13-31-21)26-23(28)9-12-27-11-3-2-4-24(27)29/h2-8,11,14-15,20H,9-10,12-13H2,1H3,(H,26,28). The van der Waals surface area contributed by atoms with Crippen LogP contribution in [0.1, 0.15) is 24.4 Å². The number of carbonyl (C=O) groups is 1. The molecule has 1 N–H and O–H groups in total. The molecule has 0 saturated heterocycles. The van der Waals surface area contributed by atoms with E-state index in [1.165, 1.54) is 29.9 Å². The molecule has 2 heterocycles. The minimum atomic E-state index is -0.371. The zero-order valence-electron chi connectivity index (χ0n) is 17.1. The van der Waals surface area contributed by atoms with Gasteiger partial charge in [0.25, 0.3) is 5.56 Å². The van der Waals surface area contributed by atoms with Gasteiger partial charge in [-0.1, -0.05) is 12.1 Å². The van der Waals surface area contributed by atoms with Crippen LogP contribution in [0.3, 0.4) is 0 Å². The summed E-state index contributed by atoms with van der Waals surface area (Å²) in [7, 11) is 1.50. The van der Waals surface area contributed by atoms with Crippen LogP contribution in [0.2, 0.25) is 0 Å². The predicted molar refractivity (Wildman–Crippen MR) is 115 cm³/mol. The van der Waals surface area contributed by atoms with Gasteiger partial charge in [-0.25, -0.2) is 4.39 Å². The Balaban J connectivity index is 1.53. The number of nitrogens with zero attached hydrogens (tertiary/aromatic N) is 1. The smallest absolute Gasteiger partial charge is 0.250 e. The summed E-state index contributed by atoms with van der Waals surface area (Å²) in [5.74, 6) is 0.633. The van der Waals surface area contributed by atoms with E-state index >= 15 is 0 Å². The zero-order valence-corrected chi connectivity index (χ0v) is 17.1. The van der Waals surface area contributed by atoms with Gasteiger partial charge in [-0.3, -0.25) is 9.59 Å². The summed E-state index contributed by atoms with van der Waals surface area (Å²) in [5, 5.41) is 3.06. The van der Waals surface area contributed by atoms with Crippen molar-refractivity contribution in [3.8, 4) is 22.6 Å². The molecule has 0 spiro atoms. The van der Waals surface area contributed by atoms with Crippen LogP contribution >= 0.6 is 0 Å². The van der Waals surface area contributed by atoms with E-state index in [1.807, 2.05) is 18.2 Å². The molecule has 4 rings (SSSR count). The first-order valence-corrected chi connectivity index (χ1v) is 10.1. The van der Waals surface area contributed by atoms with Crippen LogP contribution < -0.4 is 20.3 Å². The van der Waals surface area contributed by atoms with Gasteiger partial charge >= 0.3 is 0 Å². The summed E-state index contributed by atoms with van der Waals surface area (Å²) in [4.78, 5) is 24.4. The van der Waals surface area contributed by atoms with Crippen LogP contribution in [0.5, 0.6) is 11.5 Å². The minimum Gasteiger partial charge on any atom is -0.496 e. The Labute approximate surface area is 179 Å². The number of methoxy groups -OCH3 is 1. The summed E-state index contributed by atoms with van der Waals surface area (Å²) in [6.07, 6.45) is 2.50. The molecule has 1 atom stereocenters. The van der Waals surface area contributed by atoms with Gasteiger partial charge in [0.05, 0.1) is 19.8 Å². The molecule has 0 saturated carbocycles. The Hall–Kier alpha value is -3.61. The third-order valence-electron chi connectivity index (χ3n) is 5.34. The monoisotopic (exact) mass is 422 g/mol. The lowest BCUT2D eigenvalue weighted by molar-refractivity contribution is -0.122. The van der Waals surface area contributed by atoms with Crippen molar-refractivity contribution >= 4 is 5.91 Å². The number of fused-ring (bicyclic) bond motifs is 1. The van der Waals surface area contributed by atoms with E-state index in [1.54, 1.807) is 24.4 Å². The highest BCUT2D eigenvalue weighted by Gasteiger charge is 2.24. The second-order valence-corrected chi connectivity index (χ2v) is 7.34. The van der Waals surface area contributed by atoms with Crippen molar-refractivity contribution in [3.63, 3.8) is 0 Å². The van der Waals surface area contributed by atoms with Gasteiger partial charge < -0.3 is 19.4 Å². The fourth-order valence-electron chi connectivity index (χ4n) is 3.75. The number of hydrogen-bond acceptors (Lipinski definition) is 4. The van der Waals surface area contributed by atoms with Crippen molar-refractivity contribution in [1.29, 1.82) is 0 Å². The Morgan fingerprint density at radius 2 is 2.10 bits per heavy atom. The minimum absolute atomic E-state index is 0.135. The van der Waals surface area contributed by atoms with Crippen molar-refractivity contribution in [2.24, 2.45) is 0 Å². The third kappa shape index (κ3) is 4.60. The number of hydrogen-bond donors (Lipinski definition) is 1. The molecule has 6 nitrogen and oxygen atoms in total. The molecule has 1 amide bonds. The van der Waals surface area contributed by atoms with Crippen LogP contribution in [-0.2, 0) is 11.3 Å². The van der Waals surface area contributed by atoms with Crippen LogP contribution in [0, 0.1) is 5.82 Å². The predicted octanol–water partition coefficient (Wildman–Crippen LogP) is 3.69. The van der Waals surface area contributed by atoms with Crippen LogP contribution in [0.4, 0.5) is 4.39 Å². The van der Waals surface area contributed by atoms with E-state index in [4.69, 9.17) is 9.47 Å². The molecule has 2 aromatic carbocycles. The van der Waals surface area contributed by atoms with Crippen molar-refractivity contribution in [2.45, 2.75) is 25.4 Å². The average molecular weight is 422 g/mol. The Morgan fingerprint density at radius 3 is 2.90 bits per heavy atom. The fourth-order valence-corrected chi connectivity index (χ4v) is 3.75. The van der Waals surface area contributed by atoms with Gasteiger partial charge in [0.15, 0.2) is 0 Å². The van der Waals surface area contributed by atoms with Gasteiger partial charge in [0, 0.05) is 48.8 Å². The molecule has 31 heavy (non-hydrogen) atoms. The number of pyridine rings is 1. The molecular formula is C24H23FN2O4. The number of aryl methyl sites for hydroxylation is 1. The second-order valence-electron chi connectivity index (χ2n) is 7.34.